The van der Waals surface area contributed by atoms with E-state index in [2.05, 4.69) is 0 Å². The molecule has 36 heavy (non-hydrogen) atoms. The SMILES string of the molecule is CC(=O)NC(=O)C1=C(O)[C@@]2(C)C(=O)C3=C(O)c4c(O)ccc(N(C)C)c4C[C@H]3C[C@H]2[C@H](N(C)C)C1=O. The molecule has 4 atom stereocenters. The molecule has 0 spiro atoms. The monoisotopic (exact) mass is 497 g/mol. The number of nitrogens with one attached hydrogen (secondary N) is 1. The summed E-state index contributed by atoms with van der Waals surface area (Å²) in [5.74, 6) is -5.52. The Morgan fingerprint density at radius 1 is 1.08 bits per heavy atom. The van der Waals surface area contributed by atoms with Gasteiger partial charge in [-0.1, -0.05) is 0 Å². The van der Waals surface area contributed by atoms with Crippen molar-refractivity contribution in [2.24, 2.45) is 17.3 Å². The van der Waals surface area contributed by atoms with E-state index >= 15 is 0 Å². The first-order valence-corrected chi connectivity index (χ1v) is 11.7. The second-order valence-corrected chi connectivity index (χ2v) is 10.4. The number of hydrogen-bond donors (Lipinski definition) is 4. The van der Waals surface area contributed by atoms with Crippen LogP contribution in [0.2, 0.25) is 0 Å². The Kier molecular flexibility index (Phi) is 5.99. The molecule has 0 bridgehead atoms. The number of phenolic OH excluding ortho intramolecular Hbond substituents is 1. The molecule has 1 saturated carbocycles. The molecule has 1 aromatic rings. The van der Waals surface area contributed by atoms with Gasteiger partial charge in [-0.3, -0.25) is 29.4 Å². The third-order valence-corrected chi connectivity index (χ3v) is 7.79. The molecular weight excluding hydrogens is 466 g/mol. The minimum Gasteiger partial charge on any atom is -0.510 e. The summed E-state index contributed by atoms with van der Waals surface area (Å²) in [6, 6.07) is 2.26. The number of carbonyl (C=O) groups excluding carboxylic acids is 4. The number of fused-ring (bicyclic) bond motifs is 3. The summed E-state index contributed by atoms with van der Waals surface area (Å²) in [5.41, 5.74) is -0.660. The number of aliphatic hydroxyl groups is 2. The number of imide groups is 1. The number of benzene rings is 1. The number of anilines is 1. The summed E-state index contributed by atoms with van der Waals surface area (Å²) in [6.07, 6.45) is 0.606. The Morgan fingerprint density at radius 2 is 1.72 bits per heavy atom. The molecule has 4 N–H and O–H groups in total. The molecule has 0 saturated heterocycles. The Hall–Kier alpha value is -3.66. The van der Waals surface area contributed by atoms with Gasteiger partial charge < -0.3 is 20.2 Å². The summed E-state index contributed by atoms with van der Waals surface area (Å²) in [7, 11) is 6.98. The van der Waals surface area contributed by atoms with Gasteiger partial charge in [0.1, 0.15) is 22.8 Å². The average molecular weight is 498 g/mol. The van der Waals surface area contributed by atoms with Crippen molar-refractivity contribution in [3.63, 3.8) is 0 Å². The lowest BCUT2D eigenvalue weighted by Gasteiger charge is -2.51. The summed E-state index contributed by atoms with van der Waals surface area (Å²) in [5, 5.41) is 35.2. The van der Waals surface area contributed by atoms with E-state index in [0.29, 0.717) is 12.0 Å². The van der Waals surface area contributed by atoms with Crippen LogP contribution in [0.15, 0.2) is 29.0 Å². The van der Waals surface area contributed by atoms with Crippen LogP contribution in [0.4, 0.5) is 5.69 Å². The predicted octanol–water partition coefficient (Wildman–Crippen LogP) is 1.48. The molecule has 0 unspecified atom stereocenters. The molecule has 0 aliphatic heterocycles. The lowest BCUT2D eigenvalue weighted by molar-refractivity contribution is -0.139. The number of rotatable bonds is 3. The van der Waals surface area contributed by atoms with Crippen molar-refractivity contribution in [2.75, 3.05) is 33.1 Å². The number of nitrogens with zero attached hydrogens (tertiary/aromatic N) is 2. The minimum atomic E-state index is -1.71. The van der Waals surface area contributed by atoms with Crippen LogP contribution in [0.1, 0.15) is 31.4 Å². The van der Waals surface area contributed by atoms with Crippen molar-refractivity contribution in [2.45, 2.75) is 32.7 Å². The van der Waals surface area contributed by atoms with Crippen molar-refractivity contribution in [1.82, 2.24) is 10.2 Å². The number of phenols is 1. The van der Waals surface area contributed by atoms with Crippen LogP contribution in [-0.2, 0) is 25.6 Å². The summed E-state index contributed by atoms with van der Waals surface area (Å²) in [6.45, 7) is 2.56. The van der Waals surface area contributed by atoms with Crippen LogP contribution < -0.4 is 10.2 Å². The van der Waals surface area contributed by atoms with E-state index in [4.69, 9.17) is 0 Å². The maximum Gasteiger partial charge on any atom is 0.264 e. The van der Waals surface area contributed by atoms with E-state index in [1.54, 1.807) is 25.1 Å². The van der Waals surface area contributed by atoms with Gasteiger partial charge in [-0.05, 0) is 57.5 Å². The zero-order valence-corrected chi connectivity index (χ0v) is 21.2. The molecule has 0 aromatic heterocycles. The quantitative estimate of drug-likeness (QED) is 0.456. The van der Waals surface area contributed by atoms with Gasteiger partial charge in [0.05, 0.1) is 17.0 Å². The number of aromatic hydroxyl groups is 1. The highest BCUT2D eigenvalue weighted by Crippen LogP contribution is 2.57. The first-order chi connectivity index (χ1) is 16.7. The fraction of sp³-hybridized carbons (Fsp3) is 0.462. The molecule has 192 valence electrons. The number of aliphatic hydroxyl groups excluding tert-OH is 2. The van der Waals surface area contributed by atoms with Crippen molar-refractivity contribution < 1.29 is 34.5 Å². The Balaban J connectivity index is 1.97. The summed E-state index contributed by atoms with van der Waals surface area (Å²) >= 11 is 0. The van der Waals surface area contributed by atoms with Gasteiger partial charge in [-0.2, -0.15) is 0 Å². The largest absolute Gasteiger partial charge is 0.510 e. The molecule has 10 heteroatoms. The van der Waals surface area contributed by atoms with Gasteiger partial charge >= 0.3 is 0 Å². The highest BCUT2D eigenvalue weighted by atomic mass is 16.3. The molecule has 3 aliphatic rings. The lowest BCUT2D eigenvalue weighted by atomic mass is 9.53. The molecular formula is C26H31N3O7. The van der Waals surface area contributed by atoms with E-state index in [1.807, 2.05) is 24.3 Å². The normalized spacial score (nSPS) is 27.5. The maximum atomic E-state index is 14.1. The number of hydrogen-bond acceptors (Lipinski definition) is 9. The number of carbonyl (C=O) groups is 4. The summed E-state index contributed by atoms with van der Waals surface area (Å²) in [4.78, 5) is 55.3. The fourth-order valence-electron chi connectivity index (χ4n) is 6.15. The third-order valence-electron chi connectivity index (χ3n) is 7.79. The van der Waals surface area contributed by atoms with Crippen molar-refractivity contribution in [3.8, 4) is 5.75 Å². The molecule has 10 nitrogen and oxygen atoms in total. The Morgan fingerprint density at radius 3 is 2.28 bits per heavy atom. The highest BCUT2D eigenvalue weighted by Gasteiger charge is 2.62. The second kappa shape index (κ2) is 8.48. The molecule has 0 heterocycles. The van der Waals surface area contributed by atoms with Crippen LogP contribution in [-0.4, -0.2) is 77.8 Å². The molecule has 3 aliphatic carbocycles. The van der Waals surface area contributed by atoms with Crippen LogP contribution >= 0.6 is 0 Å². The minimum absolute atomic E-state index is 0.0530. The summed E-state index contributed by atoms with van der Waals surface area (Å²) < 4.78 is 0. The van der Waals surface area contributed by atoms with Gasteiger partial charge in [0.2, 0.25) is 5.91 Å². The fourth-order valence-corrected chi connectivity index (χ4v) is 6.15. The number of ketones is 2. The number of likely N-dealkylation sites (N-methyl/N-ethyl adjacent to an activating group) is 1. The molecule has 2 amide bonds. The van der Waals surface area contributed by atoms with Crippen molar-refractivity contribution >= 4 is 34.8 Å². The Labute approximate surface area is 208 Å². The zero-order chi connectivity index (χ0) is 26.9. The number of allylic oxidation sites excluding steroid dienone is 2. The standard InChI is InChI=1S/C26H31N3O7/c1-11(30)27-25(36)19-22(33)20(29(5)6)14-10-12-9-13-15(28(3)4)7-8-16(31)18(13)21(32)17(12)23(34)26(14,2)24(19)35/h7-8,12,14,20,31-32,35H,9-10H2,1-6H3,(H,27,30,36)/t12-,14-,20-,26+/m0/s1. The zero-order valence-electron chi connectivity index (χ0n) is 21.2. The smallest absolute Gasteiger partial charge is 0.264 e. The molecule has 1 aromatic carbocycles. The van der Waals surface area contributed by atoms with Crippen LogP contribution in [0, 0.1) is 17.3 Å². The van der Waals surface area contributed by atoms with E-state index in [-0.39, 0.29) is 29.1 Å². The van der Waals surface area contributed by atoms with Crippen LogP contribution in [0.3, 0.4) is 0 Å². The van der Waals surface area contributed by atoms with E-state index in [9.17, 15) is 34.5 Å². The Bertz CT molecular complexity index is 1280. The number of amides is 2. The van der Waals surface area contributed by atoms with E-state index in [1.165, 1.54) is 13.0 Å². The lowest BCUT2D eigenvalue weighted by Crippen LogP contribution is -2.61. The van der Waals surface area contributed by atoms with E-state index in [0.717, 1.165) is 12.6 Å². The van der Waals surface area contributed by atoms with Crippen molar-refractivity contribution in [1.29, 1.82) is 0 Å². The van der Waals surface area contributed by atoms with Gasteiger partial charge in [-0.25, -0.2) is 0 Å². The van der Waals surface area contributed by atoms with Gasteiger partial charge in [0.15, 0.2) is 11.6 Å². The first-order valence-electron chi connectivity index (χ1n) is 11.7. The average Bonchev–Trinajstić information content (AvgIpc) is 2.75. The number of Topliss-reactive ketones (excluding diaryl/α,β-unsaturated/α-hetero) is 2. The van der Waals surface area contributed by atoms with Crippen LogP contribution in [0.5, 0.6) is 5.75 Å². The highest BCUT2D eigenvalue weighted by molar-refractivity contribution is 6.26. The molecule has 4 rings (SSSR count). The topological polar surface area (TPSA) is 147 Å². The van der Waals surface area contributed by atoms with Gasteiger partial charge in [0, 0.05) is 38.2 Å². The van der Waals surface area contributed by atoms with E-state index < -0.39 is 58.0 Å². The predicted molar refractivity (Wildman–Crippen MR) is 131 cm³/mol. The maximum absolute atomic E-state index is 14.1. The van der Waals surface area contributed by atoms with Gasteiger partial charge in [-0.15, -0.1) is 0 Å². The molecule has 1 fully saturated rings. The first kappa shape index (κ1) is 25.4. The van der Waals surface area contributed by atoms with Gasteiger partial charge in [0.25, 0.3) is 5.91 Å². The second-order valence-electron chi connectivity index (χ2n) is 10.4. The van der Waals surface area contributed by atoms with Crippen molar-refractivity contribution in [3.05, 3.63) is 40.2 Å². The third kappa shape index (κ3) is 3.42. The van der Waals surface area contributed by atoms with Crippen LogP contribution in [0.25, 0.3) is 5.76 Å². The molecule has 0 radical (unpaired) electrons.